The molecule has 0 aliphatic heterocycles. The smallest absolute Gasteiger partial charge is 0.161 e. The first-order valence-corrected chi connectivity index (χ1v) is 9.76. The number of aliphatic hydroxyl groups excluding tert-OH is 1. The van der Waals surface area contributed by atoms with Crippen LogP contribution in [0.1, 0.15) is 44.1 Å². The van der Waals surface area contributed by atoms with Gasteiger partial charge in [-0.1, -0.05) is 36.9 Å². The van der Waals surface area contributed by atoms with Gasteiger partial charge in [-0.2, -0.15) is 0 Å². The maximum Gasteiger partial charge on any atom is 0.161 e. The number of unbranched alkanes of at least 4 members (excludes halogenated alkanes) is 5. The highest BCUT2D eigenvalue weighted by Gasteiger charge is 2.07. The Balaban J connectivity index is 2.01. The van der Waals surface area contributed by atoms with Gasteiger partial charge in [0.15, 0.2) is 11.5 Å². The van der Waals surface area contributed by atoms with Crippen molar-refractivity contribution in [3.05, 3.63) is 34.2 Å². The molecule has 8 nitrogen and oxygen atoms in total. The summed E-state index contributed by atoms with van der Waals surface area (Å²) in [5.41, 5.74) is 9.12. The van der Waals surface area contributed by atoms with Crippen LogP contribution in [0.3, 0.4) is 0 Å². The summed E-state index contributed by atoms with van der Waals surface area (Å²) in [6.45, 7) is 2.12. The third-order valence-corrected chi connectivity index (χ3v) is 4.20. The summed E-state index contributed by atoms with van der Waals surface area (Å²) in [6.07, 6.45) is 5.79. The van der Waals surface area contributed by atoms with Crippen molar-refractivity contribution in [1.29, 1.82) is 0 Å². The Labute approximate surface area is 167 Å². The molecule has 1 aromatic rings. The van der Waals surface area contributed by atoms with Crippen LogP contribution in [0.4, 0.5) is 0 Å². The Morgan fingerprint density at radius 3 is 2.36 bits per heavy atom. The second-order valence-electron chi connectivity index (χ2n) is 6.51. The van der Waals surface area contributed by atoms with Gasteiger partial charge in [0, 0.05) is 18.1 Å². The molecular weight excluding hydrogens is 362 g/mol. The number of hydrogen-bond acceptors (Lipinski definition) is 6. The van der Waals surface area contributed by atoms with Crippen molar-refractivity contribution in [2.75, 3.05) is 40.6 Å². The van der Waals surface area contributed by atoms with E-state index >= 15 is 0 Å². The molecule has 0 fully saturated rings. The third kappa shape index (κ3) is 11.0. The van der Waals surface area contributed by atoms with Gasteiger partial charge in [-0.3, -0.25) is 0 Å². The Bertz CT molecular complexity index is 579. The number of hydrogen-bond donors (Lipinski definition) is 1. The zero-order valence-corrected chi connectivity index (χ0v) is 17.0. The first kappa shape index (κ1) is 24.0. The quantitative estimate of drug-likeness (QED) is 0.184. The summed E-state index contributed by atoms with van der Waals surface area (Å²) in [7, 11) is 3.19. The van der Waals surface area contributed by atoms with E-state index in [2.05, 4.69) is 10.0 Å². The molecule has 0 amide bonds. The minimum Gasteiger partial charge on any atom is -0.493 e. The lowest BCUT2D eigenvalue weighted by Crippen LogP contribution is -2.22. The van der Waals surface area contributed by atoms with Crippen molar-refractivity contribution in [3.63, 3.8) is 0 Å². The van der Waals surface area contributed by atoms with E-state index in [4.69, 9.17) is 24.5 Å². The number of ether oxygens (including phenoxy) is 4. The molecule has 158 valence electrons. The minimum absolute atomic E-state index is 0.222. The minimum atomic E-state index is -0.638. The zero-order chi connectivity index (χ0) is 20.5. The molecule has 1 rings (SSSR count). The molecule has 1 atom stereocenters. The number of azide groups is 1. The first-order valence-electron chi connectivity index (χ1n) is 9.76. The molecule has 0 aliphatic rings. The molecule has 0 unspecified atom stereocenters. The largest absolute Gasteiger partial charge is 0.493 e. The van der Waals surface area contributed by atoms with E-state index in [9.17, 15) is 5.11 Å². The number of nitrogens with zero attached hydrogens (tertiary/aromatic N) is 3. The first-order chi connectivity index (χ1) is 13.7. The fourth-order valence-corrected chi connectivity index (χ4v) is 2.69. The van der Waals surface area contributed by atoms with Gasteiger partial charge in [-0.15, -0.1) is 0 Å². The van der Waals surface area contributed by atoms with Crippen LogP contribution in [0.5, 0.6) is 11.5 Å². The van der Waals surface area contributed by atoms with Crippen molar-refractivity contribution < 1.29 is 24.1 Å². The van der Waals surface area contributed by atoms with Gasteiger partial charge >= 0.3 is 0 Å². The SMILES string of the molecule is COc1ccc(COC[C@H](O)COCCCCCCCCN=[N+]=[N-])cc1OC. The van der Waals surface area contributed by atoms with E-state index < -0.39 is 6.10 Å². The van der Waals surface area contributed by atoms with Crippen molar-refractivity contribution in [2.24, 2.45) is 5.11 Å². The van der Waals surface area contributed by atoms with Crippen LogP contribution in [0, 0.1) is 0 Å². The second kappa shape index (κ2) is 16.0. The van der Waals surface area contributed by atoms with Crippen LogP contribution < -0.4 is 9.47 Å². The highest BCUT2D eigenvalue weighted by molar-refractivity contribution is 5.42. The van der Waals surface area contributed by atoms with Crippen molar-refractivity contribution >= 4 is 0 Å². The lowest BCUT2D eigenvalue weighted by atomic mass is 10.1. The van der Waals surface area contributed by atoms with E-state index in [1.807, 2.05) is 18.2 Å². The molecule has 1 aromatic carbocycles. The van der Waals surface area contributed by atoms with Crippen LogP contribution in [0.25, 0.3) is 10.4 Å². The molecule has 8 heteroatoms. The van der Waals surface area contributed by atoms with Gasteiger partial charge in [0.05, 0.1) is 34.0 Å². The second-order valence-corrected chi connectivity index (χ2v) is 6.51. The Hall–Kier alpha value is -1.99. The van der Waals surface area contributed by atoms with E-state index in [1.165, 1.54) is 0 Å². The summed E-state index contributed by atoms with van der Waals surface area (Å²) in [5, 5.41) is 13.4. The number of methoxy groups -OCH3 is 2. The molecule has 0 radical (unpaired) electrons. The normalized spacial score (nSPS) is 11.7. The van der Waals surface area contributed by atoms with Gasteiger partial charge in [0.2, 0.25) is 0 Å². The van der Waals surface area contributed by atoms with Crippen LogP contribution in [-0.4, -0.2) is 51.8 Å². The average Bonchev–Trinajstić information content (AvgIpc) is 2.71. The zero-order valence-electron chi connectivity index (χ0n) is 17.0. The van der Waals surface area contributed by atoms with Gasteiger partial charge < -0.3 is 24.1 Å². The summed E-state index contributed by atoms with van der Waals surface area (Å²) in [6, 6.07) is 5.59. The van der Waals surface area contributed by atoms with E-state index in [0.29, 0.717) is 31.3 Å². The van der Waals surface area contributed by atoms with Crippen molar-refractivity contribution in [1.82, 2.24) is 0 Å². The van der Waals surface area contributed by atoms with Gasteiger partial charge in [-0.05, 0) is 36.1 Å². The molecular formula is C20H33N3O5. The summed E-state index contributed by atoms with van der Waals surface area (Å²) >= 11 is 0. The summed E-state index contributed by atoms with van der Waals surface area (Å²) in [5.74, 6) is 1.33. The Morgan fingerprint density at radius 1 is 0.964 bits per heavy atom. The highest BCUT2D eigenvalue weighted by Crippen LogP contribution is 2.27. The van der Waals surface area contributed by atoms with Gasteiger partial charge in [0.25, 0.3) is 0 Å². The fraction of sp³-hybridized carbons (Fsp3) is 0.700. The van der Waals surface area contributed by atoms with Crippen LogP contribution in [0.15, 0.2) is 23.3 Å². The average molecular weight is 396 g/mol. The molecule has 0 aliphatic carbocycles. The molecule has 1 N–H and O–H groups in total. The van der Waals surface area contributed by atoms with Crippen molar-refractivity contribution in [2.45, 2.75) is 51.2 Å². The maximum atomic E-state index is 9.92. The van der Waals surface area contributed by atoms with E-state index in [1.54, 1.807) is 14.2 Å². The monoisotopic (exact) mass is 395 g/mol. The van der Waals surface area contributed by atoms with E-state index in [-0.39, 0.29) is 13.2 Å². The molecule has 0 heterocycles. The van der Waals surface area contributed by atoms with Gasteiger partial charge in [-0.25, -0.2) is 0 Å². The highest BCUT2D eigenvalue weighted by atomic mass is 16.5. The lowest BCUT2D eigenvalue weighted by molar-refractivity contribution is -0.0239. The summed E-state index contributed by atoms with van der Waals surface area (Å²) < 4.78 is 21.5. The Kier molecular flexibility index (Phi) is 13.7. The number of rotatable bonds is 17. The predicted octanol–water partition coefficient (Wildman–Crippen LogP) is 4.25. The standard InChI is InChI=1S/C20H33N3O5/c1-25-19-10-9-17(13-20(19)26-2)14-28-16-18(24)15-27-12-8-6-4-3-5-7-11-22-23-21/h9-10,13,18,24H,3-8,11-12,14-16H2,1-2H3/t18-/m1/s1. The number of aliphatic hydroxyl groups is 1. The third-order valence-electron chi connectivity index (χ3n) is 4.20. The van der Waals surface area contributed by atoms with Crippen LogP contribution in [-0.2, 0) is 16.1 Å². The van der Waals surface area contributed by atoms with Gasteiger partial charge in [0.1, 0.15) is 6.10 Å². The molecule has 28 heavy (non-hydrogen) atoms. The van der Waals surface area contributed by atoms with E-state index in [0.717, 1.165) is 44.1 Å². The molecule has 0 saturated carbocycles. The summed E-state index contributed by atoms with van der Waals surface area (Å²) in [4.78, 5) is 2.73. The maximum absolute atomic E-state index is 9.92. The lowest BCUT2D eigenvalue weighted by Gasteiger charge is -2.13. The molecule has 0 bridgehead atoms. The Morgan fingerprint density at radius 2 is 1.64 bits per heavy atom. The van der Waals surface area contributed by atoms with Crippen LogP contribution >= 0.6 is 0 Å². The molecule has 0 aromatic heterocycles. The van der Waals surface area contributed by atoms with Crippen LogP contribution in [0.2, 0.25) is 0 Å². The molecule has 0 spiro atoms. The molecule has 0 saturated heterocycles. The van der Waals surface area contributed by atoms with Crippen molar-refractivity contribution in [3.8, 4) is 11.5 Å². The fourth-order valence-electron chi connectivity index (χ4n) is 2.69. The number of benzene rings is 1. The predicted molar refractivity (Wildman–Crippen MR) is 108 cm³/mol. The topological polar surface area (TPSA) is 106 Å².